The van der Waals surface area contributed by atoms with Crippen molar-refractivity contribution in [3.63, 3.8) is 0 Å². The number of nitrogens with zero attached hydrogens (tertiary/aromatic N) is 2. The Morgan fingerprint density at radius 2 is 1.53 bits per heavy atom. The molecule has 4 rings (SSSR count). The Bertz CT molecular complexity index is 974. The molecule has 0 saturated carbocycles. The summed E-state index contributed by atoms with van der Waals surface area (Å²) in [7, 11) is 1.67. The summed E-state index contributed by atoms with van der Waals surface area (Å²) in [4.78, 5) is 5.07. The lowest BCUT2D eigenvalue weighted by atomic mass is 10.1. The minimum atomic E-state index is -0.0665. The lowest BCUT2D eigenvalue weighted by Gasteiger charge is -2.35. The van der Waals surface area contributed by atoms with E-state index in [1.807, 2.05) is 42.5 Å². The molecule has 0 radical (unpaired) electrons. The van der Waals surface area contributed by atoms with Crippen molar-refractivity contribution in [3.05, 3.63) is 95.0 Å². The number of ether oxygens (including phenoxy) is 2. The smallest absolute Gasteiger partial charge is 0.125 e. The molecular weight excluding hydrogens is 420 g/mol. The Morgan fingerprint density at radius 3 is 2.28 bits per heavy atom. The van der Waals surface area contributed by atoms with Crippen LogP contribution in [0.1, 0.15) is 23.7 Å². The second kappa shape index (κ2) is 11.4. The normalized spacial score (nSPS) is 15.9. The third-order valence-electron chi connectivity index (χ3n) is 5.96. The summed E-state index contributed by atoms with van der Waals surface area (Å²) in [6, 6.07) is 26.5. The van der Waals surface area contributed by atoms with Gasteiger partial charge in [0.15, 0.2) is 0 Å². The molecule has 3 aromatic carbocycles. The van der Waals surface area contributed by atoms with Gasteiger partial charge in [0.1, 0.15) is 17.6 Å². The average Bonchev–Trinajstić information content (AvgIpc) is 2.83. The van der Waals surface area contributed by atoms with Gasteiger partial charge in [0.25, 0.3) is 0 Å². The zero-order valence-corrected chi connectivity index (χ0v) is 19.4. The maximum absolute atomic E-state index is 6.41. The molecule has 1 saturated heterocycles. The van der Waals surface area contributed by atoms with E-state index in [0.29, 0.717) is 0 Å². The van der Waals surface area contributed by atoms with Crippen LogP contribution >= 0.6 is 11.6 Å². The van der Waals surface area contributed by atoms with Crippen molar-refractivity contribution >= 4 is 11.6 Å². The zero-order chi connectivity index (χ0) is 22.2. The topological polar surface area (TPSA) is 24.9 Å². The Morgan fingerprint density at radius 1 is 0.812 bits per heavy atom. The van der Waals surface area contributed by atoms with Crippen LogP contribution in [0.4, 0.5) is 0 Å². The van der Waals surface area contributed by atoms with Gasteiger partial charge in [-0.1, -0.05) is 60.1 Å². The molecule has 1 atom stereocenters. The standard InChI is InChI=1S/C27H31ClN2O2/c1-31-25-11-6-12-26(20-25)32-27(23-9-5-10-24(28)19-23)13-14-29-15-17-30(18-16-29)21-22-7-3-2-4-8-22/h2-12,19-20,27H,13-18,21H2,1H3/t27-/m0/s1. The van der Waals surface area contributed by atoms with Crippen molar-refractivity contribution in [1.29, 1.82) is 0 Å². The lowest BCUT2D eigenvalue weighted by molar-refractivity contribution is 0.107. The highest BCUT2D eigenvalue weighted by atomic mass is 35.5. The highest BCUT2D eigenvalue weighted by Crippen LogP contribution is 2.29. The first-order chi connectivity index (χ1) is 15.7. The largest absolute Gasteiger partial charge is 0.497 e. The maximum atomic E-state index is 6.41. The predicted molar refractivity (Wildman–Crippen MR) is 131 cm³/mol. The second-order valence-corrected chi connectivity index (χ2v) is 8.67. The van der Waals surface area contributed by atoms with E-state index in [2.05, 4.69) is 46.2 Å². The molecule has 1 heterocycles. The highest BCUT2D eigenvalue weighted by molar-refractivity contribution is 6.30. The molecule has 4 nitrogen and oxygen atoms in total. The van der Waals surface area contributed by atoms with E-state index in [9.17, 15) is 0 Å². The van der Waals surface area contributed by atoms with Crippen molar-refractivity contribution in [3.8, 4) is 11.5 Å². The number of methoxy groups -OCH3 is 1. The highest BCUT2D eigenvalue weighted by Gasteiger charge is 2.20. The van der Waals surface area contributed by atoms with Crippen molar-refractivity contribution in [2.75, 3.05) is 39.8 Å². The summed E-state index contributed by atoms with van der Waals surface area (Å²) in [6.45, 7) is 6.35. The number of hydrogen-bond donors (Lipinski definition) is 0. The molecule has 1 aliphatic rings. The van der Waals surface area contributed by atoms with E-state index >= 15 is 0 Å². The molecule has 0 amide bonds. The Labute approximate surface area is 196 Å². The fraction of sp³-hybridized carbons (Fsp3) is 0.333. The van der Waals surface area contributed by atoms with Crippen molar-refractivity contribution in [2.24, 2.45) is 0 Å². The average molecular weight is 451 g/mol. The van der Waals surface area contributed by atoms with Crippen molar-refractivity contribution in [1.82, 2.24) is 9.80 Å². The first-order valence-corrected chi connectivity index (χ1v) is 11.6. The van der Waals surface area contributed by atoms with Crippen LogP contribution in [-0.4, -0.2) is 49.6 Å². The Balaban J connectivity index is 1.35. The van der Waals surface area contributed by atoms with Crippen molar-refractivity contribution in [2.45, 2.75) is 19.1 Å². The molecule has 5 heteroatoms. The van der Waals surface area contributed by atoms with E-state index in [1.54, 1.807) is 7.11 Å². The fourth-order valence-electron chi connectivity index (χ4n) is 4.15. The summed E-state index contributed by atoms with van der Waals surface area (Å²) >= 11 is 6.28. The van der Waals surface area contributed by atoms with Gasteiger partial charge in [0.05, 0.1) is 7.11 Å². The van der Waals surface area contributed by atoms with E-state index in [-0.39, 0.29) is 6.10 Å². The van der Waals surface area contributed by atoms with Crippen LogP contribution in [0.25, 0.3) is 0 Å². The third-order valence-corrected chi connectivity index (χ3v) is 6.20. The Kier molecular flexibility index (Phi) is 8.05. The van der Waals surface area contributed by atoms with Gasteiger partial charge in [-0.05, 0) is 35.4 Å². The SMILES string of the molecule is COc1cccc(O[C@@H](CCN2CCN(Cc3ccccc3)CC2)c2cccc(Cl)c2)c1. The van der Waals surface area contributed by atoms with E-state index in [4.69, 9.17) is 21.1 Å². The predicted octanol–water partition coefficient (Wildman–Crippen LogP) is 5.68. The van der Waals surface area contributed by atoms with Crippen LogP contribution in [0.5, 0.6) is 11.5 Å². The minimum absolute atomic E-state index is 0.0665. The zero-order valence-electron chi connectivity index (χ0n) is 18.6. The fourth-order valence-corrected chi connectivity index (χ4v) is 4.35. The molecule has 1 aliphatic heterocycles. The molecule has 168 valence electrons. The molecule has 0 aromatic heterocycles. The minimum Gasteiger partial charge on any atom is -0.497 e. The van der Waals surface area contributed by atoms with Gasteiger partial charge in [-0.3, -0.25) is 4.90 Å². The summed E-state index contributed by atoms with van der Waals surface area (Å²) in [5.74, 6) is 1.60. The summed E-state index contributed by atoms with van der Waals surface area (Å²) < 4.78 is 11.8. The summed E-state index contributed by atoms with van der Waals surface area (Å²) in [5.41, 5.74) is 2.48. The van der Waals surface area contributed by atoms with E-state index < -0.39 is 0 Å². The van der Waals surface area contributed by atoms with Gasteiger partial charge in [-0.15, -0.1) is 0 Å². The number of piperazine rings is 1. The van der Waals surface area contributed by atoms with Gasteiger partial charge in [-0.2, -0.15) is 0 Å². The molecule has 0 N–H and O–H groups in total. The number of hydrogen-bond acceptors (Lipinski definition) is 4. The molecule has 0 unspecified atom stereocenters. The quantitative estimate of drug-likeness (QED) is 0.419. The van der Waals surface area contributed by atoms with Crippen LogP contribution in [-0.2, 0) is 6.54 Å². The van der Waals surface area contributed by atoms with Crippen LogP contribution in [0.15, 0.2) is 78.9 Å². The first kappa shape index (κ1) is 22.7. The van der Waals surface area contributed by atoms with Gasteiger partial charge >= 0.3 is 0 Å². The molecular formula is C27H31ClN2O2. The summed E-state index contributed by atoms with van der Waals surface area (Å²) in [6.07, 6.45) is 0.833. The van der Waals surface area contributed by atoms with Gasteiger partial charge in [-0.25, -0.2) is 0 Å². The lowest BCUT2D eigenvalue weighted by Crippen LogP contribution is -2.46. The third kappa shape index (κ3) is 6.49. The van der Waals surface area contributed by atoms with Gasteiger partial charge < -0.3 is 14.4 Å². The van der Waals surface area contributed by atoms with Crippen LogP contribution < -0.4 is 9.47 Å². The molecule has 0 bridgehead atoms. The second-order valence-electron chi connectivity index (χ2n) is 8.23. The molecule has 3 aromatic rings. The monoisotopic (exact) mass is 450 g/mol. The van der Waals surface area contributed by atoms with Crippen molar-refractivity contribution < 1.29 is 9.47 Å². The van der Waals surface area contributed by atoms with E-state index in [0.717, 1.165) is 67.8 Å². The molecule has 32 heavy (non-hydrogen) atoms. The molecule has 0 spiro atoms. The van der Waals surface area contributed by atoms with Crippen LogP contribution in [0.3, 0.4) is 0 Å². The first-order valence-electron chi connectivity index (χ1n) is 11.2. The van der Waals surface area contributed by atoms with Crippen LogP contribution in [0.2, 0.25) is 5.02 Å². The Hall–Kier alpha value is -2.53. The summed E-state index contributed by atoms with van der Waals surface area (Å²) in [5, 5.41) is 0.733. The van der Waals surface area contributed by atoms with Crippen LogP contribution in [0, 0.1) is 0 Å². The number of benzene rings is 3. The van der Waals surface area contributed by atoms with Gasteiger partial charge in [0.2, 0.25) is 0 Å². The maximum Gasteiger partial charge on any atom is 0.125 e. The molecule has 0 aliphatic carbocycles. The number of halogens is 1. The van der Waals surface area contributed by atoms with E-state index in [1.165, 1.54) is 5.56 Å². The van der Waals surface area contributed by atoms with Gasteiger partial charge in [0, 0.05) is 56.8 Å². The molecule has 1 fully saturated rings. The number of rotatable bonds is 9.